The molecular formula is C21H24Cl2N2O2S. The van der Waals surface area contributed by atoms with E-state index in [1.54, 1.807) is 31.0 Å². The summed E-state index contributed by atoms with van der Waals surface area (Å²) in [7, 11) is 1.56. The second-order valence-corrected chi connectivity index (χ2v) is 8.28. The number of benzene rings is 2. The number of carbonyl (C=O) groups is 2. The van der Waals surface area contributed by atoms with Crippen molar-refractivity contribution >= 4 is 46.8 Å². The number of hydrogen-bond acceptors (Lipinski definition) is 3. The Morgan fingerprint density at radius 1 is 1.14 bits per heavy atom. The largest absolute Gasteiger partial charge is 0.357 e. The van der Waals surface area contributed by atoms with E-state index < -0.39 is 6.04 Å². The summed E-state index contributed by atoms with van der Waals surface area (Å²) in [6, 6.07) is 12.8. The maximum absolute atomic E-state index is 12.9. The topological polar surface area (TPSA) is 49.4 Å². The van der Waals surface area contributed by atoms with Crippen molar-refractivity contribution in [3.8, 4) is 0 Å². The molecule has 0 unspecified atom stereocenters. The third-order valence-corrected chi connectivity index (χ3v) is 6.20. The first-order valence-electron chi connectivity index (χ1n) is 8.90. The van der Waals surface area contributed by atoms with Gasteiger partial charge >= 0.3 is 0 Å². The van der Waals surface area contributed by atoms with Gasteiger partial charge < -0.3 is 10.2 Å². The Morgan fingerprint density at radius 3 is 2.50 bits per heavy atom. The zero-order chi connectivity index (χ0) is 20.7. The molecule has 0 saturated heterocycles. The van der Waals surface area contributed by atoms with Crippen molar-refractivity contribution in [1.29, 1.82) is 0 Å². The molecule has 2 rings (SSSR count). The van der Waals surface area contributed by atoms with Gasteiger partial charge in [-0.1, -0.05) is 53.5 Å². The van der Waals surface area contributed by atoms with Gasteiger partial charge in [0.25, 0.3) is 0 Å². The lowest BCUT2D eigenvalue weighted by molar-refractivity contribution is -0.138. The zero-order valence-corrected chi connectivity index (χ0v) is 18.5. The Morgan fingerprint density at radius 2 is 1.86 bits per heavy atom. The molecule has 4 nitrogen and oxygen atoms in total. The van der Waals surface area contributed by atoms with Crippen molar-refractivity contribution in [3.05, 3.63) is 69.2 Å². The number of nitrogens with one attached hydrogen (secondary N) is 1. The summed E-state index contributed by atoms with van der Waals surface area (Å²) in [5.74, 6) is 0.725. The van der Waals surface area contributed by atoms with Crippen molar-refractivity contribution in [3.63, 3.8) is 0 Å². The standard InChI is InChI=1S/C21H24Cl2N2O2S/c1-14-6-4-5-7-17(14)12-28-13-20(26)25(15(2)21(27)24-3)11-16-8-9-18(22)19(23)10-16/h4-10,15H,11-13H2,1-3H3,(H,24,27)/t15-/m0/s1. The number of halogens is 2. The molecule has 0 spiro atoms. The number of nitrogens with zero attached hydrogens (tertiary/aromatic N) is 1. The molecule has 150 valence electrons. The third kappa shape index (κ3) is 6.16. The Bertz CT molecular complexity index is 845. The molecule has 0 aliphatic rings. The van der Waals surface area contributed by atoms with Crippen LogP contribution in [0.25, 0.3) is 0 Å². The average Bonchev–Trinajstić information content (AvgIpc) is 2.69. The van der Waals surface area contributed by atoms with Crippen LogP contribution in [-0.2, 0) is 21.9 Å². The van der Waals surface area contributed by atoms with Crippen molar-refractivity contribution in [2.45, 2.75) is 32.2 Å². The molecule has 0 radical (unpaired) electrons. The predicted octanol–water partition coefficient (Wildman–Crippen LogP) is 4.70. The minimum atomic E-state index is -0.592. The highest BCUT2D eigenvalue weighted by molar-refractivity contribution is 7.99. The Balaban J connectivity index is 2.09. The summed E-state index contributed by atoms with van der Waals surface area (Å²) in [5.41, 5.74) is 3.23. The summed E-state index contributed by atoms with van der Waals surface area (Å²) in [6.07, 6.45) is 0. The Labute approximate surface area is 180 Å². The van der Waals surface area contributed by atoms with Gasteiger partial charge in [-0.25, -0.2) is 0 Å². The van der Waals surface area contributed by atoms with E-state index in [9.17, 15) is 9.59 Å². The van der Waals surface area contributed by atoms with Crippen LogP contribution in [0.1, 0.15) is 23.6 Å². The number of aryl methyl sites for hydroxylation is 1. The highest BCUT2D eigenvalue weighted by Gasteiger charge is 2.25. The van der Waals surface area contributed by atoms with E-state index in [0.717, 1.165) is 11.3 Å². The smallest absolute Gasteiger partial charge is 0.242 e. The van der Waals surface area contributed by atoms with Gasteiger partial charge in [-0.2, -0.15) is 0 Å². The van der Waals surface area contributed by atoms with Gasteiger partial charge in [0, 0.05) is 19.3 Å². The monoisotopic (exact) mass is 438 g/mol. The van der Waals surface area contributed by atoms with Gasteiger partial charge in [-0.05, 0) is 42.7 Å². The molecule has 2 aromatic carbocycles. The average molecular weight is 439 g/mol. The predicted molar refractivity (Wildman–Crippen MR) is 118 cm³/mol. The van der Waals surface area contributed by atoms with Crippen LogP contribution in [0.3, 0.4) is 0 Å². The number of rotatable bonds is 8. The van der Waals surface area contributed by atoms with Crippen LogP contribution in [0.5, 0.6) is 0 Å². The van der Waals surface area contributed by atoms with Crippen molar-refractivity contribution in [2.24, 2.45) is 0 Å². The Hall–Kier alpha value is -1.69. The highest BCUT2D eigenvalue weighted by Crippen LogP contribution is 2.24. The fourth-order valence-electron chi connectivity index (χ4n) is 2.73. The van der Waals surface area contributed by atoms with Gasteiger partial charge in [0.15, 0.2) is 0 Å². The van der Waals surface area contributed by atoms with Gasteiger partial charge in [0.2, 0.25) is 11.8 Å². The lowest BCUT2D eigenvalue weighted by atomic mass is 10.1. The Kier molecular flexibility index (Phi) is 8.67. The maximum atomic E-state index is 12.9. The second kappa shape index (κ2) is 10.7. The number of likely N-dealkylation sites (N-methyl/N-ethyl adjacent to an activating group) is 1. The lowest BCUT2D eigenvalue weighted by Gasteiger charge is -2.28. The van der Waals surface area contributed by atoms with Gasteiger partial charge in [0.05, 0.1) is 15.8 Å². The first kappa shape index (κ1) is 22.6. The SMILES string of the molecule is CNC(=O)[C@H](C)N(Cc1ccc(Cl)c(Cl)c1)C(=O)CSCc1ccccc1C. The van der Waals surface area contributed by atoms with E-state index in [-0.39, 0.29) is 24.1 Å². The molecule has 2 amide bonds. The molecule has 0 fully saturated rings. The van der Waals surface area contributed by atoms with Crippen LogP contribution in [0.4, 0.5) is 0 Å². The number of hydrogen-bond donors (Lipinski definition) is 1. The molecule has 28 heavy (non-hydrogen) atoms. The minimum absolute atomic E-state index is 0.0965. The molecule has 0 heterocycles. The number of carbonyl (C=O) groups excluding carboxylic acids is 2. The van der Waals surface area contributed by atoms with Crippen LogP contribution >= 0.6 is 35.0 Å². The van der Waals surface area contributed by atoms with Gasteiger partial charge in [-0.15, -0.1) is 11.8 Å². The van der Waals surface area contributed by atoms with Crippen LogP contribution in [-0.4, -0.2) is 35.6 Å². The molecular weight excluding hydrogens is 415 g/mol. The van der Waals surface area contributed by atoms with Crippen molar-refractivity contribution < 1.29 is 9.59 Å². The molecule has 0 aromatic heterocycles. The molecule has 7 heteroatoms. The molecule has 0 saturated carbocycles. The zero-order valence-electron chi connectivity index (χ0n) is 16.2. The van der Waals surface area contributed by atoms with E-state index in [1.165, 1.54) is 22.9 Å². The molecule has 1 N–H and O–H groups in total. The molecule has 2 aromatic rings. The first-order valence-corrected chi connectivity index (χ1v) is 10.8. The van der Waals surface area contributed by atoms with Crippen LogP contribution in [0, 0.1) is 6.92 Å². The van der Waals surface area contributed by atoms with E-state index in [2.05, 4.69) is 24.4 Å². The van der Waals surface area contributed by atoms with Crippen LogP contribution in [0.2, 0.25) is 10.0 Å². The normalized spacial score (nSPS) is 11.8. The third-order valence-electron chi connectivity index (χ3n) is 4.49. The van der Waals surface area contributed by atoms with Crippen molar-refractivity contribution in [2.75, 3.05) is 12.8 Å². The fourth-order valence-corrected chi connectivity index (χ4v) is 4.04. The highest BCUT2D eigenvalue weighted by atomic mass is 35.5. The molecule has 0 bridgehead atoms. The van der Waals surface area contributed by atoms with Crippen LogP contribution in [0.15, 0.2) is 42.5 Å². The van der Waals surface area contributed by atoms with Gasteiger partial charge in [0.1, 0.15) is 6.04 Å². The summed E-state index contributed by atoms with van der Waals surface area (Å²) in [4.78, 5) is 26.6. The molecule has 0 aliphatic heterocycles. The summed E-state index contributed by atoms with van der Waals surface area (Å²) in [5, 5.41) is 3.49. The van der Waals surface area contributed by atoms with Crippen molar-refractivity contribution in [1.82, 2.24) is 10.2 Å². The fraction of sp³-hybridized carbons (Fsp3) is 0.333. The number of amides is 2. The quantitative estimate of drug-likeness (QED) is 0.649. The summed E-state index contributed by atoms with van der Waals surface area (Å²) >= 11 is 13.6. The van der Waals surface area contributed by atoms with E-state index in [4.69, 9.17) is 23.2 Å². The lowest BCUT2D eigenvalue weighted by Crippen LogP contribution is -2.47. The maximum Gasteiger partial charge on any atom is 0.242 e. The summed E-state index contributed by atoms with van der Waals surface area (Å²) < 4.78 is 0. The van der Waals surface area contributed by atoms with E-state index >= 15 is 0 Å². The molecule has 1 atom stereocenters. The summed E-state index contributed by atoms with van der Waals surface area (Å²) in [6.45, 7) is 4.07. The van der Waals surface area contributed by atoms with E-state index in [1.807, 2.05) is 18.2 Å². The van der Waals surface area contributed by atoms with Gasteiger partial charge in [-0.3, -0.25) is 9.59 Å². The molecule has 0 aliphatic carbocycles. The first-order chi connectivity index (χ1) is 13.3. The number of thioether (sulfide) groups is 1. The van der Waals surface area contributed by atoms with E-state index in [0.29, 0.717) is 10.0 Å². The second-order valence-electron chi connectivity index (χ2n) is 6.48. The van der Waals surface area contributed by atoms with Crippen LogP contribution < -0.4 is 5.32 Å². The minimum Gasteiger partial charge on any atom is -0.357 e.